The normalized spacial score (nSPS) is 12.3. The summed E-state index contributed by atoms with van der Waals surface area (Å²) >= 11 is 0. The summed E-state index contributed by atoms with van der Waals surface area (Å²) < 4.78 is 5.33. The molecule has 0 N–H and O–H groups in total. The molecule has 96 valence electrons. The van der Waals surface area contributed by atoms with E-state index in [1.807, 2.05) is 67.6 Å². The lowest BCUT2D eigenvalue weighted by Crippen LogP contribution is -2.05. The Balaban J connectivity index is 1.93. The highest BCUT2D eigenvalue weighted by atomic mass is 16.5. The molecule has 0 aliphatic rings. The van der Waals surface area contributed by atoms with Crippen LogP contribution in [0.2, 0.25) is 0 Å². The summed E-state index contributed by atoms with van der Waals surface area (Å²) in [5.74, 6) is -0.333. The smallest absolute Gasteiger partial charge is 0.331 e. The van der Waals surface area contributed by atoms with Crippen LogP contribution in [-0.2, 0) is 9.53 Å². The Morgan fingerprint density at radius 2 is 1.58 bits per heavy atom. The average molecular weight is 252 g/mol. The number of rotatable bonds is 4. The largest absolute Gasteiger partial charge is 0.455 e. The minimum Gasteiger partial charge on any atom is -0.455 e. The first-order chi connectivity index (χ1) is 9.25. The van der Waals surface area contributed by atoms with E-state index in [1.54, 1.807) is 6.08 Å². The van der Waals surface area contributed by atoms with Crippen molar-refractivity contribution in [3.63, 3.8) is 0 Å². The predicted molar refractivity (Wildman–Crippen MR) is 76.4 cm³/mol. The van der Waals surface area contributed by atoms with Gasteiger partial charge in [0.1, 0.15) is 6.10 Å². The van der Waals surface area contributed by atoms with E-state index in [0.717, 1.165) is 11.1 Å². The van der Waals surface area contributed by atoms with Gasteiger partial charge in [0.2, 0.25) is 0 Å². The Morgan fingerprint density at radius 1 is 1.00 bits per heavy atom. The maximum absolute atomic E-state index is 11.7. The number of carbonyl (C=O) groups is 1. The van der Waals surface area contributed by atoms with E-state index in [1.165, 1.54) is 6.08 Å². The van der Waals surface area contributed by atoms with Gasteiger partial charge in [-0.15, -0.1) is 0 Å². The summed E-state index contributed by atoms with van der Waals surface area (Å²) in [6, 6.07) is 19.3. The number of esters is 1. The summed E-state index contributed by atoms with van der Waals surface area (Å²) in [6.45, 7) is 1.86. The third-order valence-corrected chi connectivity index (χ3v) is 2.77. The van der Waals surface area contributed by atoms with Crippen LogP contribution < -0.4 is 0 Å². The summed E-state index contributed by atoms with van der Waals surface area (Å²) in [5, 5.41) is 0. The van der Waals surface area contributed by atoms with E-state index < -0.39 is 0 Å². The van der Waals surface area contributed by atoms with Gasteiger partial charge in [-0.2, -0.15) is 0 Å². The minimum absolute atomic E-state index is 0.242. The fourth-order valence-electron chi connectivity index (χ4n) is 1.73. The fraction of sp³-hybridized carbons (Fsp3) is 0.118. The molecule has 2 aromatic carbocycles. The van der Waals surface area contributed by atoms with Gasteiger partial charge in [-0.05, 0) is 24.1 Å². The van der Waals surface area contributed by atoms with E-state index in [-0.39, 0.29) is 12.1 Å². The molecule has 2 rings (SSSR count). The number of ether oxygens (including phenoxy) is 1. The van der Waals surface area contributed by atoms with Gasteiger partial charge in [0, 0.05) is 6.08 Å². The molecule has 0 saturated carbocycles. The molecule has 1 atom stereocenters. The van der Waals surface area contributed by atoms with E-state index in [2.05, 4.69) is 0 Å². The van der Waals surface area contributed by atoms with Crippen LogP contribution in [0.25, 0.3) is 6.08 Å². The summed E-state index contributed by atoms with van der Waals surface area (Å²) in [7, 11) is 0. The molecular formula is C17H16O2. The van der Waals surface area contributed by atoms with E-state index in [9.17, 15) is 4.79 Å². The van der Waals surface area contributed by atoms with Crippen molar-refractivity contribution in [2.75, 3.05) is 0 Å². The molecule has 0 bridgehead atoms. The highest BCUT2D eigenvalue weighted by Gasteiger charge is 2.08. The topological polar surface area (TPSA) is 26.3 Å². The second-order valence-electron chi connectivity index (χ2n) is 4.23. The molecule has 0 spiro atoms. The highest BCUT2D eigenvalue weighted by molar-refractivity contribution is 5.87. The van der Waals surface area contributed by atoms with Crippen LogP contribution in [0.4, 0.5) is 0 Å². The number of hydrogen-bond acceptors (Lipinski definition) is 2. The van der Waals surface area contributed by atoms with Gasteiger partial charge in [-0.1, -0.05) is 60.7 Å². The van der Waals surface area contributed by atoms with Crippen molar-refractivity contribution in [2.45, 2.75) is 13.0 Å². The van der Waals surface area contributed by atoms with Crippen molar-refractivity contribution in [3.8, 4) is 0 Å². The third kappa shape index (κ3) is 4.11. The molecule has 2 aromatic rings. The number of benzene rings is 2. The highest BCUT2D eigenvalue weighted by Crippen LogP contribution is 2.16. The van der Waals surface area contributed by atoms with Crippen LogP contribution >= 0.6 is 0 Å². The molecule has 0 unspecified atom stereocenters. The molecule has 0 saturated heterocycles. The van der Waals surface area contributed by atoms with Crippen LogP contribution in [-0.4, -0.2) is 5.97 Å². The Kier molecular flexibility index (Phi) is 4.51. The van der Waals surface area contributed by atoms with Crippen LogP contribution in [0.3, 0.4) is 0 Å². The Bertz CT molecular complexity index is 544. The van der Waals surface area contributed by atoms with Gasteiger partial charge >= 0.3 is 5.97 Å². The van der Waals surface area contributed by atoms with Gasteiger partial charge in [-0.3, -0.25) is 0 Å². The number of carbonyl (C=O) groups excluding carboxylic acids is 1. The van der Waals surface area contributed by atoms with E-state index >= 15 is 0 Å². The minimum atomic E-state index is -0.333. The van der Waals surface area contributed by atoms with Crippen molar-refractivity contribution in [3.05, 3.63) is 77.9 Å². The molecule has 0 aliphatic heterocycles. The van der Waals surface area contributed by atoms with Crippen molar-refractivity contribution in [2.24, 2.45) is 0 Å². The molecular weight excluding hydrogens is 236 g/mol. The molecule has 2 nitrogen and oxygen atoms in total. The fourth-order valence-corrected chi connectivity index (χ4v) is 1.73. The molecule has 0 aliphatic carbocycles. The van der Waals surface area contributed by atoms with E-state index in [4.69, 9.17) is 4.74 Å². The Hall–Kier alpha value is -2.35. The second kappa shape index (κ2) is 6.55. The monoisotopic (exact) mass is 252 g/mol. The van der Waals surface area contributed by atoms with Gasteiger partial charge in [0.15, 0.2) is 0 Å². The van der Waals surface area contributed by atoms with Crippen LogP contribution in [0.5, 0.6) is 0 Å². The zero-order valence-corrected chi connectivity index (χ0v) is 10.8. The molecule has 2 heteroatoms. The van der Waals surface area contributed by atoms with Gasteiger partial charge < -0.3 is 4.74 Å². The predicted octanol–water partition coefficient (Wildman–Crippen LogP) is 4.00. The average Bonchev–Trinajstić information content (AvgIpc) is 2.47. The molecule has 19 heavy (non-hydrogen) atoms. The summed E-state index contributed by atoms with van der Waals surface area (Å²) in [6.07, 6.45) is 2.96. The van der Waals surface area contributed by atoms with Crippen LogP contribution in [0.1, 0.15) is 24.2 Å². The van der Waals surface area contributed by atoms with Crippen molar-refractivity contribution in [1.29, 1.82) is 0 Å². The van der Waals surface area contributed by atoms with Gasteiger partial charge in [0.25, 0.3) is 0 Å². The Labute approximate surface area is 113 Å². The molecule has 0 aromatic heterocycles. The molecule has 0 heterocycles. The lowest BCUT2D eigenvalue weighted by atomic mass is 10.1. The third-order valence-electron chi connectivity index (χ3n) is 2.77. The van der Waals surface area contributed by atoms with Crippen molar-refractivity contribution in [1.82, 2.24) is 0 Å². The number of hydrogen-bond donors (Lipinski definition) is 0. The van der Waals surface area contributed by atoms with Crippen molar-refractivity contribution >= 4 is 12.0 Å². The molecule has 0 amide bonds. The SMILES string of the molecule is C[C@H](OC(=O)C=Cc1ccccc1)c1ccccc1. The first-order valence-corrected chi connectivity index (χ1v) is 6.24. The zero-order valence-electron chi connectivity index (χ0n) is 10.8. The second-order valence-corrected chi connectivity index (χ2v) is 4.23. The maximum Gasteiger partial charge on any atom is 0.331 e. The van der Waals surface area contributed by atoms with E-state index in [0.29, 0.717) is 0 Å². The maximum atomic E-state index is 11.7. The molecule has 0 radical (unpaired) electrons. The van der Waals surface area contributed by atoms with Crippen LogP contribution in [0, 0.1) is 0 Å². The van der Waals surface area contributed by atoms with Gasteiger partial charge in [0.05, 0.1) is 0 Å². The Morgan fingerprint density at radius 3 is 2.21 bits per heavy atom. The van der Waals surface area contributed by atoms with Crippen LogP contribution in [0.15, 0.2) is 66.7 Å². The summed E-state index contributed by atoms with van der Waals surface area (Å²) in [4.78, 5) is 11.7. The quantitative estimate of drug-likeness (QED) is 0.607. The van der Waals surface area contributed by atoms with Crippen molar-refractivity contribution < 1.29 is 9.53 Å². The summed E-state index contributed by atoms with van der Waals surface area (Å²) in [5.41, 5.74) is 1.97. The lowest BCUT2D eigenvalue weighted by molar-refractivity contribution is -0.142. The zero-order chi connectivity index (χ0) is 13.5. The standard InChI is InChI=1S/C17H16O2/c1-14(16-10-6-3-7-11-16)19-17(18)13-12-15-8-4-2-5-9-15/h2-14H,1H3/t14-/m0/s1. The lowest BCUT2D eigenvalue weighted by Gasteiger charge is -2.11. The first-order valence-electron chi connectivity index (χ1n) is 6.24. The van der Waals surface area contributed by atoms with Gasteiger partial charge in [-0.25, -0.2) is 4.79 Å². The first kappa shape index (κ1) is 13.1. The molecule has 0 fully saturated rings.